The lowest BCUT2D eigenvalue weighted by Gasteiger charge is -2.13. The summed E-state index contributed by atoms with van der Waals surface area (Å²) in [6.07, 6.45) is 0.850. The van der Waals surface area contributed by atoms with Gasteiger partial charge in [-0.2, -0.15) is 4.99 Å². The molecule has 1 aliphatic heterocycles. The molecule has 0 fully saturated rings. The molecule has 0 radical (unpaired) electrons. The molecule has 0 aliphatic carbocycles. The summed E-state index contributed by atoms with van der Waals surface area (Å²) in [6.45, 7) is 4.12. The molecule has 0 atom stereocenters. The summed E-state index contributed by atoms with van der Waals surface area (Å²) in [5.41, 5.74) is 2.31. The predicted molar refractivity (Wildman–Crippen MR) is 92.2 cm³/mol. The summed E-state index contributed by atoms with van der Waals surface area (Å²) in [7, 11) is 0. The topological polar surface area (TPSA) is 59.0 Å². The highest BCUT2D eigenvalue weighted by atomic mass is 16.5. The van der Waals surface area contributed by atoms with Crippen LogP contribution in [-0.4, -0.2) is 24.3 Å². The Balaban J connectivity index is 1.80. The highest BCUT2D eigenvalue weighted by Gasteiger charge is 2.33. The maximum Gasteiger partial charge on any atom is 0.434 e. The second-order valence-corrected chi connectivity index (χ2v) is 5.22. The molecule has 0 spiro atoms. The number of benzene rings is 2. The highest BCUT2D eigenvalue weighted by Crippen LogP contribution is 2.29. The molecule has 120 valence electrons. The normalized spacial score (nSPS) is 14.6. The molecule has 1 aliphatic rings. The van der Waals surface area contributed by atoms with Gasteiger partial charge < -0.3 is 9.64 Å². The van der Waals surface area contributed by atoms with Crippen LogP contribution in [0.5, 0.6) is 0 Å². The summed E-state index contributed by atoms with van der Waals surface area (Å²) in [6, 6.07) is 16.5. The monoisotopic (exact) mass is 320 g/mol. The van der Waals surface area contributed by atoms with Crippen LogP contribution in [0.15, 0.2) is 72.2 Å². The van der Waals surface area contributed by atoms with Gasteiger partial charge in [-0.3, -0.25) is 4.79 Å². The number of hydrogen-bond acceptors (Lipinski definition) is 3. The number of carbonyl (C=O) groups excluding carboxylic acids is 2. The lowest BCUT2D eigenvalue weighted by atomic mass is 10.1. The van der Waals surface area contributed by atoms with E-state index in [1.54, 1.807) is 18.2 Å². The SMILES string of the molecule is C=CCN1C(=O)/C(=N\C(=O)OCc2ccccc2)c2ccccc21. The Morgan fingerprint density at radius 3 is 2.58 bits per heavy atom. The van der Waals surface area contributed by atoms with Crippen molar-refractivity contribution in [1.82, 2.24) is 0 Å². The van der Waals surface area contributed by atoms with Crippen molar-refractivity contribution in [2.24, 2.45) is 4.99 Å². The third-order valence-corrected chi connectivity index (χ3v) is 3.62. The van der Waals surface area contributed by atoms with Gasteiger partial charge in [0.25, 0.3) is 5.91 Å². The van der Waals surface area contributed by atoms with E-state index >= 15 is 0 Å². The van der Waals surface area contributed by atoms with Crippen LogP contribution in [0.3, 0.4) is 0 Å². The number of anilines is 1. The Kier molecular flexibility index (Phi) is 4.52. The maximum atomic E-state index is 12.5. The zero-order valence-electron chi connectivity index (χ0n) is 13.0. The minimum atomic E-state index is -0.780. The lowest BCUT2D eigenvalue weighted by Crippen LogP contribution is -2.30. The molecule has 0 bridgehead atoms. The van der Waals surface area contributed by atoms with Gasteiger partial charge in [0, 0.05) is 12.1 Å². The first kappa shape index (κ1) is 15.7. The predicted octanol–water partition coefficient (Wildman–Crippen LogP) is 3.35. The van der Waals surface area contributed by atoms with Crippen molar-refractivity contribution >= 4 is 23.4 Å². The molecule has 2 aromatic carbocycles. The quantitative estimate of drug-likeness (QED) is 0.812. The van der Waals surface area contributed by atoms with Crippen molar-refractivity contribution in [3.05, 3.63) is 78.4 Å². The zero-order valence-corrected chi connectivity index (χ0v) is 13.0. The first-order chi connectivity index (χ1) is 11.7. The highest BCUT2D eigenvalue weighted by molar-refractivity contribution is 6.55. The van der Waals surface area contributed by atoms with Crippen molar-refractivity contribution in [1.29, 1.82) is 0 Å². The van der Waals surface area contributed by atoms with Crippen molar-refractivity contribution < 1.29 is 14.3 Å². The molecule has 5 nitrogen and oxygen atoms in total. The molecular weight excluding hydrogens is 304 g/mol. The number of ether oxygens (including phenoxy) is 1. The second-order valence-electron chi connectivity index (χ2n) is 5.22. The molecule has 0 saturated carbocycles. The van der Waals surface area contributed by atoms with Crippen LogP contribution < -0.4 is 4.90 Å². The number of fused-ring (bicyclic) bond motifs is 1. The number of nitrogens with zero attached hydrogens (tertiary/aromatic N) is 2. The standard InChI is InChI=1S/C19H16N2O3/c1-2-12-21-16-11-7-6-10-15(16)17(18(21)22)20-19(23)24-13-14-8-4-3-5-9-14/h2-11H,1,12-13H2/b20-17-. The molecule has 0 N–H and O–H groups in total. The minimum absolute atomic E-state index is 0.102. The van der Waals surface area contributed by atoms with Crippen LogP contribution in [0.1, 0.15) is 11.1 Å². The summed E-state index contributed by atoms with van der Waals surface area (Å²) in [5, 5.41) is 0. The van der Waals surface area contributed by atoms with Crippen LogP contribution in [0.25, 0.3) is 0 Å². The number of amides is 2. The molecule has 2 aromatic rings. The van der Waals surface area contributed by atoms with Crippen molar-refractivity contribution in [3.8, 4) is 0 Å². The smallest absolute Gasteiger partial charge is 0.434 e. The van der Waals surface area contributed by atoms with Gasteiger partial charge in [0.1, 0.15) is 12.3 Å². The summed E-state index contributed by atoms with van der Waals surface area (Å²) in [5.74, 6) is -0.326. The Hall–Kier alpha value is -3.21. The average Bonchev–Trinajstić information content (AvgIpc) is 2.87. The largest absolute Gasteiger partial charge is 0.443 e. The molecule has 24 heavy (non-hydrogen) atoms. The second kappa shape index (κ2) is 6.91. The number of hydrogen-bond donors (Lipinski definition) is 0. The molecule has 1 heterocycles. The molecule has 0 unspecified atom stereocenters. The van der Waals surface area contributed by atoms with Gasteiger partial charge in [-0.1, -0.05) is 54.6 Å². The van der Waals surface area contributed by atoms with E-state index in [2.05, 4.69) is 11.6 Å². The fraction of sp³-hybridized carbons (Fsp3) is 0.105. The molecule has 0 saturated heterocycles. The Morgan fingerprint density at radius 2 is 1.83 bits per heavy atom. The van der Waals surface area contributed by atoms with E-state index in [4.69, 9.17) is 4.74 Å². The van der Waals surface area contributed by atoms with Crippen LogP contribution >= 0.6 is 0 Å². The summed E-state index contributed by atoms with van der Waals surface area (Å²) >= 11 is 0. The van der Waals surface area contributed by atoms with E-state index in [1.807, 2.05) is 42.5 Å². The minimum Gasteiger partial charge on any atom is -0.443 e. The third-order valence-electron chi connectivity index (χ3n) is 3.62. The maximum absolute atomic E-state index is 12.5. The third kappa shape index (κ3) is 3.10. The van der Waals surface area contributed by atoms with Crippen LogP contribution in [0.4, 0.5) is 10.5 Å². The Morgan fingerprint density at radius 1 is 1.12 bits per heavy atom. The number of rotatable bonds is 4. The fourth-order valence-corrected chi connectivity index (χ4v) is 2.52. The van der Waals surface area contributed by atoms with Crippen LogP contribution in [0, 0.1) is 0 Å². The molecule has 5 heteroatoms. The molecule has 3 rings (SSSR count). The Bertz CT molecular complexity index is 812. The van der Waals surface area contributed by atoms with Gasteiger partial charge in [-0.25, -0.2) is 4.79 Å². The van der Waals surface area contributed by atoms with Gasteiger partial charge in [-0.05, 0) is 11.6 Å². The van der Waals surface area contributed by atoms with E-state index in [0.29, 0.717) is 12.1 Å². The van der Waals surface area contributed by atoms with Gasteiger partial charge in [0.05, 0.1) is 5.69 Å². The average molecular weight is 320 g/mol. The van der Waals surface area contributed by atoms with Gasteiger partial charge >= 0.3 is 6.09 Å². The molecule has 2 amide bonds. The molecule has 0 aromatic heterocycles. The van der Waals surface area contributed by atoms with Crippen LogP contribution in [0.2, 0.25) is 0 Å². The Labute approximate surface area is 139 Å². The van der Waals surface area contributed by atoms with E-state index in [9.17, 15) is 9.59 Å². The summed E-state index contributed by atoms with van der Waals surface area (Å²) in [4.78, 5) is 29.9. The van der Waals surface area contributed by atoms with Gasteiger partial charge in [-0.15, -0.1) is 6.58 Å². The van der Waals surface area contributed by atoms with Crippen molar-refractivity contribution in [3.63, 3.8) is 0 Å². The first-order valence-corrected chi connectivity index (χ1v) is 7.52. The van der Waals surface area contributed by atoms with E-state index in [1.165, 1.54) is 4.90 Å². The van der Waals surface area contributed by atoms with E-state index in [0.717, 1.165) is 11.3 Å². The van der Waals surface area contributed by atoms with Crippen LogP contribution in [-0.2, 0) is 16.1 Å². The summed E-state index contributed by atoms with van der Waals surface area (Å²) < 4.78 is 5.13. The van der Waals surface area contributed by atoms with E-state index < -0.39 is 6.09 Å². The lowest BCUT2D eigenvalue weighted by molar-refractivity contribution is -0.112. The number of para-hydroxylation sites is 1. The van der Waals surface area contributed by atoms with Gasteiger partial charge in [0.15, 0.2) is 0 Å². The van der Waals surface area contributed by atoms with Crippen molar-refractivity contribution in [2.45, 2.75) is 6.61 Å². The first-order valence-electron chi connectivity index (χ1n) is 7.52. The zero-order chi connectivity index (χ0) is 16.9. The fourth-order valence-electron chi connectivity index (χ4n) is 2.52. The van der Waals surface area contributed by atoms with Crippen molar-refractivity contribution in [2.75, 3.05) is 11.4 Å². The number of carbonyl (C=O) groups is 2. The van der Waals surface area contributed by atoms with E-state index in [-0.39, 0.29) is 18.2 Å². The number of aliphatic imine (C=N–C) groups is 1. The van der Waals surface area contributed by atoms with Gasteiger partial charge in [0.2, 0.25) is 0 Å². The molecular formula is C19H16N2O3.